The van der Waals surface area contributed by atoms with Crippen LogP contribution in [0, 0.1) is 13.8 Å². The first-order valence-electron chi connectivity index (χ1n) is 9.35. The summed E-state index contributed by atoms with van der Waals surface area (Å²) < 4.78 is 39.4. The number of aryl methyl sites for hydroxylation is 1. The lowest BCUT2D eigenvalue weighted by atomic mass is 10.2. The Morgan fingerprint density at radius 1 is 1.24 bits per heavy atom. The molecule has 1 aromatic heterocycles. The minimum absolute atomic E-state index is 0.0690. The maximum Gasteiger partial charge on any atom is 0.246 e. The molecule has 0 atom stereocenters. The highest BCUT2D eigenvalue weighted by Crippen LogP contribution is 2.24. The van der Waals surface area contributed by atoms with Crippen molar-refractivity contribution in [1.29, 1.82) is 0 Å². The van der Waals surface area contributed by atoms with Gasteiger partial charge in [-0.3, -0.25) is 9.48 Å². The zero-order chi connectivity index (χ0) is 21.0. The number of morpholine rings is 1. The molecule has 10 heteroatoms. The van der Waals surface area contributed by atoms with Crippen LogP contribution in [0.15, 0.2) is 29.2 Å². The minimum atomic E-state index is -3.68. The van der Waals surface area contributed by atoms with E-state index in [9.17, 15) is 13.2 Å². The number of aromatic nitrogens is 2. The van der Waals surface area contributed by atoms with E-state index in [1.54, 1.807) is 21.0 Å². The van der Waals surface area contributed by atoms with Crippen LogP contribution in [0.5, 0.6) is 5.75 Å². The third kappa shape index (κ3) is 4.60. The third-order valence-corrected chi connectivity index (χ3v) is 7.00. The summed E-state index contributed by atoms with van der Waals surface area (Å²) >= 11 is 0. The van der Waals surface area contributed by atoms with E-state index in [-0.39, 0.29) is 17.3 Å². The van der Waals surface area contributed by atoms with Gasteiger partial charge >= 0.3 is 0 Å². The van der Waals surface area contributed by atoms with Crippen molar-refractivity contribution >= 4 is 15.9 Å². The molecule has 1 N–H and O–H groups in total. The van der Waals surface area contributed by atoms with Gasteiger partial charge in [0.05, 0.1) is 31.7 Å². The number of benzene rings is 1. The second-order valence-corrected chi connectivity index (χ2v) is 8.64. The number of para-hydroxylation sites is 1. The van der Waals surface area contributed by atoms with Crippen molar-refractivity contribution in [3.63, 3.8) is 0 Å². The van der Waals surface area contributed by atoms with Crippen molar-refractivity contribution < 1.29 is 22.7 Å². The fraction of sp³-hybridized carbons (Fsp3) is 0.474. The highest BCUT2D eigenvalue weighted by molar-refractivity contribution is 7.89. The van der Waals surface area contributed by atoms with E-state index in [2.05, 4.69) is 10.4 Å². The highest BCUT2D eigenvalue weighted by atomic mass is 32.2. The van der Waals surface area contributed by atoms with Crippen LogP contribution >= 0.6 is 0 Å². The predicted octanol–water partition coefficient (Wildman–Crippen LogP) is 0.846. The van der Waals surface area contributed by atoms with Crippen molar-refractivity contribution in [2.45, 2.75) is 31.8 Å². The molecule has 29 heavy (non-hydrogen) atoms. The third-order valence-electron chi connectivity index (χ3n) is 4.84. The standard InChI is InChI=1S/C19H26N4O5S/c1-14-19(29(25,26)22-8-10-28-11-9-22)15(2)23(21-14)13-18(24)20-12-16-6-4-5-7-17(16)27-3/h4-7H,8-13H2,1-3H3,(H,20,24). The quantitative estimate of drug-likeness (QED) is 0.710. The van der Waals surface area contributed by atoms with Crippen molar-refractivity contribution in [2.24, 2.45) is 0 Å². The number of hydrogen-bond donors (Lipinski definition) is 1. The first-order chi connectivity index (χ1) is 13.8. The SMILES string of the molecule is COc1ccccc1CNC(=O)Cn1nc(C)c(S(=O)(=O)N2CCOCC2)c1C. The van der Waals surface area contributed by atoms with Gasteiger partial charge in [0.15, 0.2) is 0 Å². The zero-order valence-electron chi connectivity index (χ0n) is 16.8. The Kier molecular flexibility index (Phi) is 6.56. The fourth-order valence-electron chi connectivity index (χ4n) is 3.36. The zero-order valence-corrected chi connectivity index (χ0v) is 17.7. The molecule has 0 unspecified atom stereocenters. The molecule has 1 saturated heterocycles. The monoisotopic (exact) mass is 422 g/mol. The number of ether oxygens (including phenoxy) is 2. The predicted molar refractivity (Wildman–Crippen MR) is 106 cm³/mol. The molecule has 0 saturated carbocycles. The van der Waals surface area contributed by atoms with Crippen molar-refractivity contribution in [3.8, 4) is 5.75 Å². The van der Waals surface area contributed by atoms with Crippen molar-refractivity contribution in [3.05, 3.63) is 41.2 Å². The molecule has 2 heterocycles. The smallest absolute Gasteiger partial charge is 0.246 e. The summed E-state index contributed by atoms with van der Waals surface area (Å²) in [7, 11) is -2.10. The second-order valence-electron chi connectivity index (χ2n) is 6.76. The van der Waals surface area contributed by atoms with Gasteiger partial charge in [-0.05, 0) is 19.9 Å². The first-order valence-corrected chi connectivity index (χ1v) is 10.8. The molecule has 0 aliphatic carbocycles. The van der Waals surface area contributed by atoms with Gasteiger partial charge in [-0.25, -0.2) is 8.42 Å². The van der Waals surface area contributed by atoms with E-state index in [4.69, 9.17) is 9.47 Å². The maximum absolute atomic E-state index is 13.0. The first kappa shape index (κ1) is 21.3. The summed E-state index contributed by atoms with van der Waals surface area (Å²) in [5, 5.41) is 7.12. The van der Waals surface area contributed by atoms with Crippen molar-refractivity contribution in [2.75, 3.05) is 33.4 Å². The van der Waals surface area contributed by atoms with Crippen LogP contribution in [0.3, 0.4) is 0 Å². The second kappa shape index (κ2) is 8.93. The van der Waals surface area contributed by atoms with E-state index in [0.717, 1.165) is 5.56 Å². The Morgan fingerprint density at radius 2 is 1.93 bits per heavy atom. The molecule has 1 amide bonds. The lowest BCUT2D eigenvalue weighted by molar-refractivity contribution is -0.122. The summed E-state index contributed by atoms with van der Waals surface area (Å²) in [5.74, 6) is 0.426. The van der Waals surface area contributed by atoms with E-state index >= 15 is 0 Å². The normalized spacial score (nSPS) is 15.3. The Balaban J connectivity index is 1.72. The number of hydrogen-bond acceptors (Lipinski definition) is 6. The summed E-state index contributed by atoms with van der Waals surface area (Å²) in [6.07, 6.45) is 0. The Morgan fingerprint density at radius 3 is 2.62 bits per heavy atom. The summed E-state index contributed by atoms with van der Waals surface area (Å²) in [5.41, 5.74) is 1.68. The van der Waals surface area contributed by atoms with Gasteiger partial charge < -0.3 is 14.8 Å². The molecule has 1 aromatic carbocycles. The molecule has 0 radical (unpaired) electrons. The van der Waals surface area contributed by atoms with Crippen LogP contribution in [0.4, 0.5) is 0 Å². The molecule has 2 aromatic rings. The number of amides is 1. The van der Waals surface area contributed by atoms with Crippen LogP contribution in [-0.2, 0) is 32.6 Å². The Hall–Kier alpha value is -2.43. The van der Waals surface area contributed by atoms with Gasteiger partial charge in [-0.1, -0.05) is 18.2 Å². The Bertz CT molecular complexity index is 980. The number of rotatable bonds is 7. The molecule has 158 valence electrons. The largest absolute Gasteiger partial charge is 0.496 e. The molecule has 1 fully saturated rings. The number of sulfonamides is 1. The maximum atomic E-state index is 13.0. The number of nitrogens with one attached hydrogen (secondary N) is 1. The minimum Gasteiger partial charge on any atom is -0.496 e. The molecular formula is C19H26N4O5S. The molecule has 3 rings (SSSR count). The number of carbonyl (C=O) groups excluding carboxylic acids is 1. The average molecular weight is 423 g/mol. The molecule has 1 aliphatic rings. The van der Waals surface area contributed by atoms with Gasteiger partial charge in [0.25, 0.3) is 0 Å². The van der Waals surface area contributed by atoms with E-state index < -0.39 is 10.0 Å². The van der Waals surface area contributed by atoms with Crippen LogP contribution in [0.25, 0.3) is 0 Å². The van der Waals surface area contributed by atoms with Gasteiger partial charge in [-0.15, -0.1) is 0 Å². The molecular weight excluding hydrogens is 396 g/mol. The van der Waals surface area contributed by atoms with Gasteiger partial charge in [0.1, 0.15) is 17.2 Å². The van der Waals surface area contributed by atoms with Crippen LogP contribution in [-0.4, -0.2) is 61.8 Å². The van der Waals surface area contributed by atoms with E-state index in [0.29, 0.717) is 50.0 Å². The average Bonchev–Trinajstić information content (AvgIpc) is 3.00. The molecule has 0 bridgehead atoms. The number of carbonyl (C=O) groups is 1. The molecule has 0 spiro atoms. The molecule has 9 nitrogen and oxygen atoms in total. The van der Waals surface area contributed by atoms with Crippen molar-refractivity contribution in [1.82, 2.24) is 19.4 Å². The number of nitrogens with zero attached hydrogens (tertiary/aromatic N) is 3. The summed E-state index contributed by atoms with van der Waals surface area (Å²) in [6, 6.07) is 7.42. The van der Waals surface area contributed by atoms with E-state index in [1.165, 1.54) is 8.99 Å². The summed E-state index contributed by atoms with van der Waals surface area (Å²) in [6.45, 7) is 4.91. The topological polar surface area (TPSA) is 103 Å². The fourth-order valence-corrected chi connectivity index (χ4v) is 5.14. The highest BCUT2D eigenvalue weighted by Gasteiger charge is 2.32. The summed E-state index contributed by atoms with van der Waals surface area (Å²) in [4.78, 5) is 12.6. The van der Waals surface area contributed by atoms with Crippen LogP contribution in [0.2, 0.25) is 0 Å². The Labute approximate surface area is 170 Å². The van der Waals surface area contributed by atoms with E-state index in [1.807, 2.05) is 24.3 Å². The lowest BCUT2D eigenvalue weighted by Crippen LogP contribution is -2.41. The van der Waals surface area contributed by atoms with Crippen LogP contribution in [0.1, 0.15) is 17.0 Å². The van der Waals surface area contributed by atoms with Gasteiger partial charge in [0.2, 0.25) is 15.9 Å². The van der Waals surface area contributed by atoms with Gasteiger partial charge in [0, 0.05) is 25.2 Å². The number of methoxy groups -OCH3 is 1. The van der Waals surface area contributed by atoms with Crippen LogP contribution < -0.4 is 10.1 Å². The lowest BCUT2D eigenvalue weighted by Gasteiger charge is -2.26. The van der Waals surface area contributed by atoms with Gasteiger partial charge in [-0.2, -0.15) is 9.40 Å². The molecule has 1 aliphatic heterocycles.